The Bertz CT molecular complexity index is 871. The van der Waals surface area contributed by atoms with Gasteiger partial charge < -0.3 is 15.2 Å². The zero-order valence-corrected chi connectivity index (χ0v) is 17.9. The molecule has 28 heavy (non-hydrogen) atoms. The molecule has 2 aromatic rings. The minimum absolute atomic E-state index is 0.110. The van der Waals surface area contributed by atoms with Crippen molar-refractivity contribution >= 4 is 39.8 Å². The minimum atomic E-state index is -0.606. The number of nitrogens with zero attached hydrogens (tertiary/aromatic N) is 3. The topological polar surface area (TPSA) is 105 Å². The second kappa shape index (κ2) is 8.14. The van der Waals surface area contributed by atoms with Crippen molar-refractivity contribution < 1.29 is 19.4 Å². The zero-order valence-electron chi connectivity index (χ0n) is 16.3. The monoisotopic (exact) mass is 424 g/mol. The summed E-state index contributed by atoms with van der Waals surface area (Å²) in [5.74, 6) is -0.263. The van der Waals surface area contributed by atoms with E-state index < -0.39 is 17.7 Å². The van der Waals surface area contributed by atoms with E-state index in [-0.39, 0.29) is 12.5 Å². The molecule has 1 unspecified atom stereocenters. The number of carbonyl (C=O) groups excluding carboxylic acids is 2. The molecule has 1 atom stereocenters. The molecule has 8 nitrogen and oxygen atoms in total. The number of likely N-dealkylation sites (tertiary alicyclic amines) is 1. The van der Waals surface area contributed by atoms with E-state index in [0.29, 0.717) is 28.8 Å². The lowest BCUT2D eigenvalue weighted by molar-refractivity contribution is -0.120. The van der Waals surface area contributed by atoms with Crippen LogP contribution in [0.5, 0.6) is 0 Å². The van der Waals surface area contributed by atoms with Gasteiger partial charge in [-0.1, -0.05) is 0 Å². The Kier molecular flexibility index (Phi) is 6.01. The summed E-state index contributed by atoms with van der Waals surface area (Å²) in [6.07, 6.45) is 0.878. The maximum Gasteiger partial charge on any atom is 0.410 e. The summed E-state index contributed by atoms with van der Waals surface area (Å²) in [7, 11) is 0. The summed E-state index contributed by atoms with van der Waals surface area (Å²) in [6, 6.07) is -0.562. The van der Waals surface area contributed by atoms with E-state index in [0.717, 1.165) is 17.0 Å². The van der Waals surface area contributed by atoms with Gasteiger partial charge in [-0.05, 0) is 40.5 Å². The van der Waals surface area contributed by atoms with Gasteiger partial charge >= 0.3 is 6.09 Å². The Balaban J connectivity index is 1.68. The number of hydrogen-bond donors (Lipinski definition) is 2. The van der Waals surface area contributed by atoms with E-state index in [1.807, 2.05) is 12.3 Å². The van der Waals surface area contributed by atoms with E-state index in [1.165, 1.54) is 27.6 Å². The lowest BCUT2D eigenvalue weighted by atomic mass is 10.2. The molecule has 152 valence electrons. The van der Waals surface area contributed by atoms with E-state index >= 15 is 0 Å². The quantitative estimate of drug-likeness (QED) is 0.779. The Hall–Kier alpha value is -2.04. The lowest BCUT2D eigenvalue weighted by Crippen LogP contribution is -2.45. The number of aliphatic hydroxyl groups excluding tert-OH is 1. The standard InChI is InChI=1S/C18H24N4O4S2/c1-10-14(28-13(8-23)19-10)11-9-27-16(20-11)21-15(24)12-6-5-7-22(12)17(25)26-18(2,3)4/h9,12,23H,5-8H2,1-4H3,(H,20,21,24). The van der Waals surface area contributed by atoms with Crippen LogP contribution in [0.15, 0.2) is 5.38 Å². The summed E-state index contributed by atoms with van der Waals surface area (Å²) in [4.78, 5) is 36.2. The van der Waals surface area contributed by atoms with E-state index in [9.17, 15) is 14.7 Å². The smallest absolute Gasteiger partial charge is 0.410 e. The van der Waals surface area contributed by atoms with Gasteiger partial charge in [0, 0.05) is 11.9 Å². The van der Waals surface area contributed by atoms with Crippen molar-refractivity contribution in [2.75, 3.05) is 11.9 Å². The summed E-state index contributed by atoms with van der Waals surface area (Å²) < 4.78 is 5.41. The maximum atomic E-state index is 12.7. The number of anilines is 1. The maximum absolute atomic E-state index is 12.7. The van der Waals surface area contributed by atoms with Crippen LogP contribution in [0.25, 0.3) is 10.6 Å². The molecule has 1 fully saturated rings. The first-order chi connectivity index (χ1) is 13.2. The molecule has 2 N–H and O–H groups in total. The molecule has 3 rings (SSSR count). The molecule has 0 radical (unpaired) electrons. The van der Waals surface area contributed by atoms with Crippen molar-refractivity contribution in [2.24, 2.45) is 0 Å². The fourth-order valence-electron chi connectivity index (χ4n) is 2.96. The first kappa shape index (κ1) is 20.7. The number of amides is 2. The van der Waals surface area contributed by atoms with Crippen LogP contribution in [0.2, 0.25) is 0 Å². The van der Waals surface area contributed by atoms with Crippen LogP contribution in [0.3, 0.4) is 0 Å². The molecule has 2 amide bonds. The molecule has 1 saturated heterocycles. The van der Waals surface area contributed by atoms with Gasteiger partial charge in [-0.2, -0.15) is 0 Å². The Morgan fingerprint density at radius 2 is 2.14 bits per heavy atom. The number of thiazole rings is 2. The van der Waals surface area contributed by atoms with Crippen molar-refractivity contribution in [3.63, 3.8) is 0 Å². The van der Waals surface area contributed by atoms with Gasteiger partial charge in [0.1, 0.15) is 16.7 Å². The molecule has 1 aliphatic rings. The average Bonchev–Trinajstić information content (AvgIpc) is 3.31. The van der Waals surface area contributed by atoms with Crippen molar-refractivity contribution in [3.05, 3.63) is 16.1 Å². The highest BCUT2D eigenvalue weighted by Crippen LogP contribution is 2.32. The predicted octanol–water partition coefficient (Wildman–Crippen LogP) is 3.41. The van der Waals surface area contributed by atoms with Crippen LogP contribution >= 0.6 is 22.7 Å². The molecule has 0 aromatic carbocycles. The molecule has 0 saturated carbocycles. The molecule has 10 heteroatoms. The molecule has 3 heterocycles. The highest BCUT2D eigenvalue weighted by atomic mass is 32.1. The third kappa shape index (κ3) is 4.68. The largest absolute Gasteiger partial charge is 0.444 e. The van der Waals surface area contributed by atoms with Gasteiger partial charge in [-0.25, -0.2) is 14.8 Å². The lowest BCUT2D eigenvalue weighted by Gasteiger charge is -2.27. The minimum Gasteiger partial charge on any atom is -0.444 e. The van der Waals surface area contributed by atoms with Crippen LogP contribution in [0.4, 0.5) is 9.93 Å². The predicted molar refractivity (Wildman–Crippen MR) is 108 cm³/mol. The van der Waals surface area contributed by atoms with E-state index in [1.54, 1.807) is 20.8 Å². The van der Waals surface area contributed by atoms with Crippen molar-refractivity contribution in [1.82, 2.24) is 14.9 Å². The normalized spacial score (nSPS) is 17.0. The van der Waals surface area contributed by atoms with Crippen molar-refractivity contribution in [1.29, 1.82) is 0 Å². The average molecular weight is 425 g/mol. The van der Waals surface area contributed by atoms with Crippen LogP contribution in [-0.4, -0.2) is 50.2 Å². The number of aromatic nitrogens is 2. The van der Waals surface area contributed by atoms with Crippen molar-refractivity contribution in [3.8, 4) is 10.6 Å². The number of aryl methyl sites for hydroxylation is 1. The first-order valence-electron chi connectivity index (χ1n) is 9.01. The van der Waals surface area contributed by atoms with Crippen LogP contribution in [-0.2, 0) is 16.1 Å². The molecule has 0 spiro atoms. The fourth-order valence-corrected chi connectivity index (χ4v) is 4.62. The van der Waals surface area contributed by atoms with Crippen molar-refractivity contribution in [2.45, 2.75) is 58.8 Å². The highest BCUT2D eigenvalue weighted by molar-refractivity contribution is 7.17. The van der Waals surface area contributed by atoms with Gasteiger partial charge in [0.15, 0.2) is 5.13 Å². The number of aliphatic hydroxyl groups is 1. The number of rotatable bonds is 4. The van der Waals surface area contributed by atoms with Crippen LogP contribution in [0.1, 0.15) is 44.3 Å². The Labute approximate surface area is 171 Å². The van der Waals surface area contributed by atoms with Crippen LogP contribution < -0.4 is 5.32 Å². The van der Waals surface area contributed by atoms with E-state index in [4.69, 9.17) is 4.74 Å². The summed E-state index contributed by atoms with van der Waals surface area (Å²) >= 11 is 2.70. The Morgan fingerprint density at radius 3 is 2.79 bits per heavy atom. The SMILES string of the molecule is Cc1nc(CO)sc1-c1csc(NC(=O)C2CCCN2C(=O)OC(C)(C)C)n1. The van der Waals surface area contributed by atoms with Gasteiger partial charge in [0.2, 0.25) is 5.91 Å². The molecular formula is C18H24N4O4S2. The number of nitrogens with one attached hydrogen (secondary N) is 1. The number of ether oxygens (including phenoxy) is 1. The second-order valence-electron chi connectivity index (χ2n) is 7.54. The fraction of sp³-hybridized carbons (Fsp3) is 0.556. The van der Waals surface area contributed by atoms with Gasteiger partial charge in [0.25, 0.3) is 0 Å². The second-order valence-corrected chi connectivity index (χ2v) is 9.48. The van der Waals surface area contributed by atoms with Gasteiger partial charge in [-0.3, -0.25) is 9.69 Å². The van der Waals surface area contributed by atoms with Gasteiger partial charge in [0.05, 0.1) is 22.9 Å². The molecule has 0 aliphatic carbocycles. The third-order valence-electron chi connectivity index (χ3n) is 4.13. The number of hydrogen-bond acceptors (Lipinski definition) is 8. The number of carbonyl (C=O) groups is 2. The zero-order chi connectivity index (χ0) is 20.5. The molecule has 2 aromatic heterocycles. The summed E-state index contributed by atoms with van der Waals surface area (Å²) in [5.41, 5.74) is 0.903. The Morgan fingerprint density at radius 1 is 1.39 bits per heavy atom. The third-order valence-corrected chi connectivity index (χ3v) is 6.05. The molecular weight excluding hydrogens is 400 g/mol. The van der Waals surface area contributed by atoms with Crippen LogP contribution in [0, 0.1) is 6.92 Å². The molecule has 1 aliphatic heterocycles. The highest BCUT2D eigenvalue weighted by Gasteiger charge is 2.36. The summed E-state index contributed by atoms with van der Waals surface area (Å²) in [6.45, 7) is 7.66. The van der Waals surface area contributed by atoms with Gasteiger partial charge in [-0.15, -0.1) is 22.7 Å². The summed E-state index contributed by atoms with van der Waals surface area (Å²) in [5, 5.41) is 15.0. The van der Waals surface area contributed by atoms with E-state index in [2.05, 4.69) is 15.3 Å². The first-order valence-corrected chi connectivity index (χ1v) is 10.7. The molecule has 0 bridgehead atoms.